The quantitative estimate of drug-likeness (QED) is 0.568. The molecule has 2 aromatic rings. The van der Waals surface area contributed by atoms with Gasteiger partial charge in [0, 0.05) is 23.3 Å². The Morgan fingerprint density at radius 3 is 2.50 bits per heavy atom. The third kappa shape index (κ3) is 5.33. The van der Waals surface area contributed by atoms with E-state index < -0.39 is 5.41 Å². The van der Waals surface area contributed by atoms with Gasteiger partial charge in [0.15, 0.2) is 10.8 Å². The zero-order chi connectivity index (χ0) is 19.5. The number of carbonyl (C=O) groups is 1. The lowest BCUT2D eigenvalue weighted by Gasteiger charge is -2.17. The number of nitrogens with one attached hydrogen (secondary N) is 2. The highest BCUT2D eigenvalue weighted by Gasteiger charge is 2.21. The van der Waals surface area contributed by atoms with E-state index in [1.807, 2.05) is 25.5 Å². The van der Waals surface area contributed by atoms with Crippen molar-refractivity contribution in [3.05, 3.63) is 6.20 Å². The number of fused-ring (bicyclic) bond motifs is 1. The van der Waals surface area contributed by atoms with Crippen LogP contribution in [0.2, 0.25) is 0 Å². The Morgan fingerprint density at radius 1 is 1.23 bits per heavy atom. The second kappa shape index (κ2) is 8.24. The van der Waals surface area contributed by atoms with Crippen molar-refractivity contribution >= 4 is 34.5 Å². The van der Waals surface area contributed by atoms with E-state index in [2.05, 4.69) is 53.4 Å². The zero-order valence-electron chi connectivity index (χ0n) is 16.8. The Bertz CT molecular complexity index is 763. The molecule has 0 radical (unpaired) electrons. The average Bonchev–Trinajstić information content (AvgIpc) is 2.88. The first-order valence-corrected chi connectivity index (χ1v) is 9.91. The average molecular weight is 379 g/mol. The first-order valence-electron chi connectivity index (χ1n) is 9.03. The minimum Gasteiger partial charge on any atom is -0.367 e. The third-order valence-electron chi connectivity index (χ3n) is 3.53. The minimum absolute atomic E-state index is 0.0294. The van der Waals surface area contributed by atoms with E-state index in [0.717, 1.165) is 22.0 Å². The van der Waals surface area contributed by atoms with Gasteiger partial charge >= 0.3 is 0 Å². The Balaban J connectivity index is 2.26. The fraction of sp³-hybridized carbons (Fsp3) is 0.667. The molecule has 144 valence electrons. The van der Waals surface area contributed by atoms with Crippen molar-refractivity contribution in [1.82, 2.24) is 25.1 Å². The molecule has 0 unspecified atom stereocenters. The van der Waals surface area contributed by atoms with Gasteiger partial charge in [-0.2, -0.15) is 5.10 Å². The van der Waals surface area contributed by atoms with Crippen molar-refractivity contribution in [2.24, 2.45) is 5.41 Å². The summed E-state index contributed by atoms with van der Waals surface area (Å²) in [7, 11) is 0. The van der Waals surface area contributed by atoms with Crippen LogP contribution in [0.25, 0.3) is 11.0 Å². The van der Waals surface area contributed by atoms with E-state index >= 15 is 0 Å². The van der Waals surface area contributed by atoms with Crippen LogP contribution in [0, 0.1) is 5.41 Å². The van der Waals surface area contributed by atoms with Crippen LogP contribution >= 0.6 is 11.8 Å². The summed E-state index contributed by atoms with van der Waals surface area (Å²) in [6, 6.07) is 0.263. The second-order valence-electron chi connectivity index (χ2n) is 7.93. The lowest BCUT2D eigenvalue weighted by molar-refractivity contribution is -0.128. The first-order chi connectivity index (χ1) is 12.1. The van der Waals surface area contributed by atoms with Gasteiger partial charge in [-0.3, -0.25) is 4.79 Å². The predicted molar refractivity (Wildman–Crippen MR) is 108 cm³/mol. The molecule has 0 fully saturated rings. The van der Waals surface area contributed by atoms with E-state index in [-0.39, 0.29) is 11.9 Å². The van der Waals surface area contributed by atoms with Gasteiger partial charge in [0.25, 0.3) is 0 Å². The monoisotopic (exact) mass is 378 g/mol. The van der Waals surface area contributed by atoms with Gasteiger partial charge in [0.2, 0.25) is 5.91 Å². The van der Waals surface area contributed by atoms with Crippen LogP contribution in [-0.4, -0.2) is 43.5 Å². The molecule has 0 saturated carbocycles. The molecule has 2 aromatic heterocycles. The summed E-state index contributed by atoms with van der Waals surface area (Å²) < 4.78 is 1.83. The van der Waals surface area contributed by atoms with Crippen LogP contribution in [-0.2, 0) is 11.3 Å². The van der Waals surface area contributed by atoms with Gasteiger partial charge < -0.3 is 10.6 Å². The Morgan fingerprint density at radius 2 is 1.92 bits per heavy atom. The second-order valence-corrected chi connectivity index (χ2v) is 9.47. The van der Waals surface area contributed by atoms with Crippen LogP contribution in [0.3, 0.4) is 0 Å². The van der Waals surface area contributed by atoms with Crippen molar-refractivity contribution < 1.29 is 4.79 Å². The van der Waals surface area contributed by atoms with Crippen LogP contribution < -0.4 is 10.6 Å². The van der Waals surface area contributed by atoms with Crippen molar-refractivity contribution in [3.63, 3.8) is 0 Å². The summed E-state index contributed by atoms with van der Waals surface area (Å²) in [5.41, 5.74) is 0.389. The molecule has 0 aliphatic rings. The number of hydrogen-bond donors (Lipinski definition) is 2. The molecule has 0 bridgehead atoms. The SMILES string of the molecule is CC(C)Nc1nc(SC(C)C)nc2c1cnn2CCNC(=O)C(C)(C)C. The minimum atomic E-state index is -0.399. The van der Waals surface area contributed by atoms with Crippen molar-refractivity contribution in [1.29, 1.82) is 0 Å². The molecule has 7 nitrogen and oxygen atoms in total. The summed E-state index contributed by atoms with van der Waals surface area (Å²) in [6.45, 7) is 15.2. The molecule has 0 aliphatic heterocycles. The van der Waals surface area contributed by atoms with E-state index in [1.165, 1.54) is 0 Å². The summed E-state index contributed by atoms with van der Waals surface area (Å²) in [5, 5.41) is 12.8. The number of rotatable bonds is 7. The van der Waals surface area contributed by atoms with E-state index in [4.69, 9.17) is 0 Å². The third-order valence-corrected chi connectivity index (χ3v) is 4.40. The number of aromatic nitrogens is 4. The topological polar surface area (TPSA) is 84.7 Å². The zero-order valence-corrected chi connectivity index (χ0v) is 17.6. The number of carbonyl (C=O) groups excluding carboxylic acids is 1. The predicted octanol–water partition coefficient (Wildman–Crippen LogP) is 3.31. The molecule has 0 spiro atoms. The molecule has 0 atom stereocenters. The largest absolute Gasteiger partial charge is 0.367 e. The molecule has 0 saturated heterocycles. The van der Waals surface area contributed by atoms with Gasteiger partial charge in [-0.15, -0.1) is 0 Å². The number of anilines is 1. The highest BCUT2D eigenvalue weighted by molar-refractivity contribution is 7.99. The fourth-order valence-corrected chi connectivity index (χ4v) is 2.99. The van der Waals surface area contributed by atoms with Gasteiger partial charge in [-0.05, 0) is 13.8 Å². The molecular weight excluding hydrogens is 348 g/mol. The molecule has 26 heavy (non-hydrogen) atoms. The summed E-state index contributed by atoms with van der Waals surface area (Å²) in [4.78, 5) is 21.4. The lowest BCUT2D eigenvalue weighted by Crippen LogP contribution is -2.36. The number of hydrogen-bond acceptors (Lipinski definition) is 6. The van der Waals surface area contributed by atoms with Gasteiger partial charge in [0.1, 0.15) is 5.82 Å². The van der Waals surface area contributed by atoms with Crippen molar-refractivity contribution in [2.45, 2.75) is 71.5 Å². The van der Waals surface area contributed by atoms with Gasteiger partial charge in [-0.25, -0.2) is 14.6 Å². The molecule has 2 heterocycles. The molecule has 0 aromatic carbocycles. The standard InChI is InChI=1S/C18H30N6OS/c1-11(2)21-14-13-10-20-24(9-8-19-16(25)18(5,6)7)15(13)23-17(22-14)26-12(3)4/h10-12H,8-9H2,1-7H3,(H,19,25)(H,21,22,23). The maximum absolute atomic E-state index is 12.0. The number of thioether (sulfide) groups is 1. The van der Waals surface area contributed by atoms with Crippen LogP contribution in [0.15, 0.2) is 11.4 Å². The number of amides is 1. The van der Waals surface area contributed by atoms with E-state index in [1.54, 1.807) is 18.0 Å². The normalized spacial score (nSPS) is 12.2. The fourth-order valence-electron chi connectivity index (χ4n) is 2.29. The molecule has 1 amide bonds. The molecule has 2 rings (SSSR count). The number of nitrogens with zero attached hydrogens (tertiary/aromatic N) is 4. The molecule has 2 N–H and O–H groups in total. The first kappa shape index (κ1) is 20.5. The van der Waals surface area contributed by atoms with Crippen molar-refractivity contribution in [3.8, 4) is 0 Å². The highest BCUT2D eigenvalue weighted by Crippen LogP contribution is 2.26. The van der Waals surface area contributed by atoms with Crippen LogP contribution in [0.1, 0.15) is 48.5 Å². The lowest BCUT2D eigenvalue weighted by atomic mass is 9.96. The van der Waals surface area contributed by atoms with Crippen LogP contribution in [0.5, 0.6) is 0 Å². The van der Waals surface area contributed by atoms with Crippen molar-refractivity contribution in [2.75, 3.05) is 11.9 Å². The van der Waals surface area contributed by atoms with Gasteiger partial charge in [0.05, 0.1) is 18.1 Å². The Labute approximate surface area is 159 Å². The van der Waals surface area contributed by atoms with Crippen LogP contribution in [0.4, 0.5) is 5.82 Å². The van der Waals surface area contributed by atoms with E-state index in [0.29, 0.717) is 18.3 Å². The van der Waals surface area contributed by atoms with Gasteiger partial charge in [-0.1, -0.05) is 46.4 Å². The van der Waals surface area contributed by atoms with E-state index in [9.17, 15) is 4.79 Å². The maximum Gasteiger partial charge on any atom is 0.225 e. The maximum atomic E-state index is 12.0. The summed E-state index contributed by atoms with van der Waals surface area (Å²) >= 11 is 1.63. The summed E-state index contributed by atoms with van der Waals surface area (Å²) in [5.74, 6) is 0.833. The highest BCUT2D eigenvalue weighted by atomic mass is 32.2. The Hall–Kier alpha value is -1.83. The smallest absolute Gasteiger partial charge is 0.225 e. The molecule has 8 heteroatoms. The molecule has 0 aliphatic carbocycles. The molecular formula is C18H30N6OS. The summed E-state index contributed by atoms with van der Waals surface area (Å²) in [6.07, 6.45) is 1.79. The Kier molecular flexibility index (Phi) is 6.49.